The quantitative estimate of drug-likeness (QED) is 0.919. The predicted octanol–water partition coefficient (Wildman–Crippen LogP) is 2.43. The third-order valence-corrected chi connectivity index (χ3v) is 3.61. The van der Waals surface area contributed by atoms with E-state index in [1.165, 1.54) is 5.56 Å². The van der Waals surface area contributed by atoms with Gasteiger partial charge in [0.05, 0.1) is 22.9 Å². The fraction of sp³-hybridized carbons (Fsp3) is 0.286. The monoisotopic (exact) mass is 321 g/mol. The number of halogens is 1. The fourth-order valence-corrected chi connectivity index (χ4v) is 2.30. The van der Waals surface area contributed by atoms with Gasteiger partial charge in [-0.05, 0) is 27.9 Å². The average molecular weight is 322 g/mol. The van der Waals surface area contributed by atoms with Crippen LogP contribution in [-0.4, -0.2) is 15.7 Å². The summed E-state index contributed by atoms with van der Waals surface area (Å²) in [5.41, 5.74) is 2.15. The zero-order valence-corrected chi connectivity index (χ0v) is 12.4. The molecule has 1 aromatic heterocycles. The number of rotatable bonds is 5. The van der Waals surface area contributed by atoms with Crippen LogP contribution >= 0.6 is 15.9 Å². The minimum absolute atomic E-state index is 0.0527. The summed E-state index contributed by atoms with van der Waals surface area (Å²) in [6.45, 7) is 0.491. The van der Waals surface area contributed by atoms with Gasteiger partial charge in [0.25, 0.3) is 0 Å². The Morgan fingerprint density at radius 3 is 2.74 bits per heavy atom. The molecule has 0 fully saturated rings. The number of carbonyl (C=O) groups is 1. The van der Waals surface area contributed by atoms with Crippen molar-refractivity contribution in [1.29, 1.82) is 0 Å². The van der Waals surface area contributed by atoms with E-state index < -0.39 is 0 Å². The molecular weight excluding hydrogens is 306 g/mol. The Morgan fingerprint density at radius 2 is 2.11 bits per heavy atom. The maximum absolute atomic E-state index is 11.8. The van der Waals surface area contributed by atoms with Gasteiger partial charge < -0.3 is 5.32 Å². The summed E-state index contributed by atoms with van der Waals surface area (Å²) >= 11 is 3.41. The molecule has 1 heterocycles. The molecule has 0 aliphatic carbocycles. The molecule has 0 aliphatic heterocycles. The second-order valence-electron chi connectivity index (χ2n) is 4.33. The van der Waals surface area contributed by atoms with Crippen molar-refractivity contribution in [3.05, 3.63) is 52.3 Å². The van der Waals surface area contributed by atoms with Crippen molar-refractivity contribution < 1.29 is 4.79 Å². The van der Waals surface area contributed by atoms with Gasteiger partial charge >= 0.3 is 0 Å². The van der Waals surface area contributed by atoms with Crippen LogP contribution in [0, 0.1) is 0 Å². The molecule has 5 heteroatoms. The molecule has 19 heavy (non-hydrogen) atoms. The second kappa shape index (κ2) is 6.52. The van der Waals surface area contributed by atoms with Crippen LogP contribution in [-0.2, 0) is 24.8 Å². The molecule has 0 saturated heterocycles. The van der Waals surface area contributed by atoms with Gasteiger partial charge in [-0.2, -0.15) is 5.10 Å². The summed E-state index contributed by atoms with van der Waals surface area (Å²) in [6.07, 6.45) is 2.99. The zero-order chi connectivity index (χ0) is 13.7. The van der Waals surface area contributed by atoms with Crippen molar-refractivity contribution in [2.75, 3.05) is 0 Å². The average Bonchev–Trinajstić information content (AvgIpc) is 2.75. The summed E-state index contributed by atoms with van der Waals surface area (Å²) < 4.78 is 2.67. The minimum Gasteiger partial charge on any atom is -0.350 e. The molecule has 0 bridgehead atoms. The Balaban J connectivity index is 1.79. The van der Waals surface area contributed by atoms with Gasteiger partial charge in [0.2, 0.25) is 5.91 Å². The van der Waals surface area contributed by atoms with Gasteiger partial charge in [0.15, 0.2) is 0 Å². The predicted molar refractivity (Wildman–Crippen MR) is 77.5 cm³/mol. The number of nitrogens with zero attached hydrogens (tertiary/aromatic N) is 2. The van der Waals surface area contributed by atoms with Crippen molar-refractivity contribution in [2.24, 2.45) is 7.05 Å². The smallest absolute Gasteiger partial charge is 0.220 e. The SMILES string of the molecule is Cn1ncc(Br)c1CNC(=O)CCc1ccccc1. The molecule has 1 N–H and O–H groups in total. The lowest BCUT2D eigenvalue weighted by molar-refractivity contribution is -0.121. The lowest BCUT2D eigenvalue weighted by Crippen LogP contribution is -2.24. The van der Waals surface area contributed by atoms with Gasteiger partial charge in [-0.15, -0.1) is 0 Å². The van der Waals surface area contributed by atoms with E-state index in [1.54, 1.807) is 10.9 Å². The van der Waals surface area contributed by atoms with E-state index in [9.17, 15) is 4.79 Å². The van der Waals surface area contributed by atoms with Gasteiger partial charge in [0.1, 0.15) is 0 Å². The largest absolute Gasteiger partial charge is 0.350 e. The molecule has 4 nitrogen and oxygen atoms in total. The van der Waals surface area contributed by atoms with Crippen LogP contribution in [0.1, 0.15) is 17.7 Å². The first kappa shape index (κ1) is 13.8. The molecule has 0 saturated carbocycles. The maximum atomic E-state index is 11.8. The van der Waals surface area contributed by atoms with Gasteiger partial charge in [-0.25, -0.2) is 0 Å². The third-order valence-electron chi connectivity index (χ3n) is 2.95. The topological polar surface area (TPSA) is 46.9 Å². The van der Waals surface area contributed by atoms with E-state index in [1.807, 2.05) is 37.4 Å². The highest BCUT2D eigenvalue weighted by atomic mass is 79.9. The maximum Gasteiger partial charge on any atom is 0.220 e. The first-order valence-electron chi connectivity index (χ1n) is 6.14. The normalized spacial score (nSPS) is 10.4. The molecule has 100 valence electrons. The van der Waals surface area contributed by atoms with E-state index in [2.05, 4.69) is 26.3 Å². The summed E-state index contributed by atoms with van der Waals surface area (Å²) in [7, 11) is 1.86. The Labute approximate surface area is 120 Å². The summed E-state index contributed by atoms with van der Waals surface area (Å²) in [6, 6.07) is 10.0. The van der Waals surface area contributed by atoms with Crippen LogP contribution < -0.4 is 5.32 Å². The number of benzene rings is 1. The van der Waals surface area contributed by atoms with Crippen LogP contribution in [0.15, 0.2) is 41.0 Å². The molecule has 0 spiro atoms. The lowest BCUT2D eigenvalue weighted by Gasteiger charge is -2.06. The highest BCUT2D eigenvalue weighted by Gasteiger charge is 2.08. The molecule has 1 amide bonds. The van der Waals surface area contributed by atoms with Crippen LogP contribution in [0.2, 0.25) is 0 Å². The first-order valence-corrected chi connectivity index (χ1v) is 6.93. The fourth-order valence-electron chi connectivity index (χ4n) is 1.81. The molecule has 0 atom stereocenters. The van der Waals surface area contributed by atoms with Crippen molar-refractivity contribution >= 4 is 21.8 Å². The third kappa shape index (κ3) is 3.92. The molecule has 2 rings (SSSR count). The number of hydrogen-bond donors (Lipinski definition) is 1. The number of hydrogen-bond acceptors (Lipinski definition) is 2. The molecular formula is C14H16BrN3O. The number of aromatic nitrogens is 2. The molecule has 2 aromatic rings. The minimum atomic E-state index is 0.0527. The number of carbonyl (C=O) groups excluding carboxylic acids is 1. The van der Waals surface area contributed by atoms with Crippen LogP contribution in [0.5, 0.6) is 0 Å². The number of amides is 1. The molecule has 1 aromatic carbocycles. The number of nitrogens with one attached hydrogen (secondary N) is 1. The zero-order valence-electron chi connectivity index (χ0n) is 10.8. The van der Waals surface area contributed by atoms with E-state index >= 15 is 0 Å². The Kier molecular flexibility index (Phi) is 4.74. The molecule has 0 radical (unpaired) electrons. The van der Waals surface area contributed by atoms with Crippen molar-refractivity contribution in [3.63, 3.8) is 0 Å². The second-order valence-corrected chi connectivity index (χ2v) is 5.18. The Bertz CT molecular complexity index is 532. The van der Waals surface area contributed by atoms with Gasteiger partial charge in [-0.3, -0.25) is 9.48 Å². The lowest BCUT2D eigenvalue weighted by atomic mass is 10.1. The van der Waals surface area contributed by atoms with Crippen LogP contribution in [0.4, 0.5) is 0 Å². The highest BCUT2D eigenvalue weighted by molar-refractivity contribution is 9.10. The van der Waals surface area contributed by atoms with Crippen LogP contribution in [0.25, 0.3) is 0 Å². The first-order chi connectivity index (χ1) is 9.16. The van der Waals surface area contributed by atoms with E-state index in [0.717, 1.165) is 16.6 Å². The van der Waals surface area contributed by atoms with Crippen molar-refractivity contribution in [3.8, 4) is 0 Å². The van der Waals surface area contributed by atoms with Gasteiger partial charge in [0, 0.05) is 13.5 Å². The Hall–Kier alpha value is -1.62. The summed E-state index contributed by atoms with van der Waals surface area (Å²) in [4.78, 5) is 11.8. The van der Waals surface area contributed by atoms with E-state index in [-0.39, 0.29) is 5.91 Å². The van der Waals surface area contributed by atoms with E-state index in [4.69, 9.17) is 0 Å². The summed E-state index contributed by atoms with van der Waals surface area (Å²) in [5, 5.41) is 7.01. The van der Waals surface area contributed by atoms with Gasteiger partial charge in [-0.1, -0.05) is 30.3 Å². The highest BCUT2D eigenvalue weighted by Crippen LogP contribution is 2.14. The Morgan fingerprint density at radius 1 is 1.37 bits per heavy atom. The number of aryl methyl sites for hydroxylation is 2. The van der Waals surface area contributed by atoms with Crippen molar-refractivity contribution in [2.45, 2.75) is 19.4 Å². The summed E-state index contributed by atoms with van der Waals surface area (Å²) in [5.74, 6) is 0.0527. The van der Waals surface area contributed by atoms with Crippen molar-refractivity contribution in [1.82, 2.24) is 15.1 Å². The van der Waals surface area contributed by atoms with E-state index in [0.29, 0.717) is 13.0 Å². The molecule has 0 aliphatic rings. The standard InChI is InChI=1S/C14H16BrN3O/c1-18-13(12(15)9-17-18)10-16-14(19)8-7-11-5-3-2-4-6-11/h2-6,9H,7-8,10H2,1H3,(H,16,19). The molecule has 0 unspecified atom stereocenters. The van der Waals surface area contributed by atoms with Crippen LogP contribution in [0.3, 0.4) is 0 Å².